The predicted molar refractivity (Wildman–Crippen MR) is 125 cm³/mol. The smallest absolute Gasteiger partial charge is 0.412 e. The summed E-state index contributed by atoms with van der Waals surface area (Å²) in [5.41, 5.74) is 1.61. The number of aryl methyl sites for hydroxylation is 1. The van der Waals surface area contributed by atoms with Gasteiger partial charge in [-0.2, -0.15) is 0 Å². The highest BCUT2D eigenvalue weighted by molar-refractivity contribution is 6.31. The minimum Gasteiger partial charge on any atom is -0.480 e. The number of carbonyl (C=O) groups excluding carboxylic acids is 2. The first-order valence-electron chi connectivity index (χ1n) is 10.8. The van der Waals surface area contributed by atoms with Crippen LogP contribution in [0, 0.1) is 12.3 Å². The van der Waals surface area contributed by atoms with Crippen molar-refractivity contribution in [2.24, 2.45) is 5.41 Å². The van der Waals surface area contributed by atoms with E-state index in [-0.39, 0.29) is 12.2 Å². The second-order valence-electron chi connectivity index (χ2n) is 8.35. The molecule has 1 amide bonds. The molecule has 0 spiro atoms. The number of aliphatic carboxylic acids is 1. The molecule has 2 N–H and O–H groups in total. The van der Waals surface area contributed by atoms with Crippen molar-refractivity contribution in [2.45, 2.75) is 39.2 Å². The van der Waals surface area contributed by atoms with E-state index in [1.165, 1.54) is 0 Å². The molecule has 1 fully saturated rings. The lowest BCUT2D eigenvalue weighted by atomic mass is 9.94. The summed E-state index contributed by atoms with van der Waals surface area (Å²) in [5, 5.41) is 16.4. The average Bonchev–Trinajstić information content (AvgIpc) is 3.55. The number of aromatic nitrogens is 1. The minimum absolute atomic E-state index is 0.0411. The number of ether oxygens (including phenoxy) is 1. The molecule has 1 saturated carbocycles. The molecule has 0 aliphatic heterocycles. The Morgan fingerprint density at radius 3 is 2.47 bits per heavy atom. The number of carbonyl (C=O) groups is 3. The van der Waals surface area contributed by atoms with Crippen molar-refractivity contribution in [3.63, 3.8) is 0 Å². The van der Waals surface area contributed by atoms with E-state index in [0.29, 0.717) is 51.7 Å². The topological polar surface area (TPSA) is 119 Å². The largest absolute Gasteiger partial charge is 0.480 e. The van der Waals surface area contributed by atoms with Crippen LogP contribution in [0.25, 0.3) is 11.3 Å². The predicted octanol–water partition coefficient (Wildman–Crippen LogP) is 5.59. The SMILES string of the molecule is Cc1noc(-c2ccc(CC(=O)C3(C(=O)O)CC3)cc2)c1NC(=O)OC(C)c1ccccc1Cl. The maximum absolute atomic E-state index is 12.5. The zero-order valence-electron chi connectivity index (χ0n) is 18.6. The van der Waals surface area contributed by atoms with Crippen LogP contribution in [0.5, 0.6) is 0 Å². The number of benzene rings is 2. The Bertz CT molecular complexity index is 1250. The summed E-state index contributed by atoms with van der Waals surface area (Å²) in [6, 6.07) is 14.0. The number of carboxylic acid groups (broad SMARTS) is 1. The molecule has 1 atom stereocenters. The first-order valence-corrected chi connectivity index (χ1v) is 11.1. The van der Waals surface area contributed by atoms with Crippen molar-refractivity contribution >= 4 is 35.1 Å². The van der Waals surface area contributed by atoms with Crippen LogP contribution in [-0.2, 0) is 20.7 Å². The summed E-state index contributed by atoms with van der Waals surface area (Å²) < 4.78 is 10.9. The van der Waals surface area contributed by atoms with Crippen molar-refractivity contribution in [3.05, 3.63) is 70.4 Å². The zero-order valence-corrected chi connectivity index (χ0v) is 19.4. The Hall–Kier alpha value is -3.65. The van der Waals surface area contributed by atoms with Gasteiger partial charge in [0.15, 0.2) is 11.5 Å². The van der Waals surface area contributed by atoms with Crippen LogP contribution >= 0.6 is 11.6 Å². The lowest BCUT2D eigenvalue weighted by Crippen LogP contribution is -2.26. The quantitative estimate of drug-likeness (QED) is 0.401. The van der Waals surface area contributed by atoms with E-state index >= 15 is 0 Å². The van der Waals surface area contributed by atoms with Gasteiger partial charge in [0.05, 0.1) is 0 Å². The fourth-order valence-corrected chi connectivity index (χ4v) is 4.03. The van der Waals surface area contributed by atoms with E-state index in [4.69, 9.17) is 20.9 Å². The van der Waals surface area contributed by atoms with Gasteiger partial charge < -0.3 is 14.4 Å². The highest BCUT2D eigenvalue weighted by Crippen LogP contribution is 2.47. The molecule has 34 heavy (non-hydrogen) atoms. The average molecular weight is 483 g/mol. The number of hydrogen-bond acceptors (Lipinski definition) is 6. The lowest BCUT2D eigenvalue weighted by Gasteiger charge is -2.15. The second kappa shape index (κ2) is 9.30. The molecule has 0 radical (unpaired) electrons. The van der Waals surface area contributed by atoms with Crippen molar-refractivity contribution < 1.29 is 28.8 Å². The molecule has 3 aromatic rings. The van der Waals surface area contributed by atoms with Crippen LogP contribution in [0.2, 0.25) is 5.02 Å². The first kappa shape index (κ1) is 23.5. The normalized spacial score (nSPS) is 14.8. The van der Waals surface area contributed by atoms with Gasteiger partial charge in [-0.25, -0.2) is 4.79 Å². The summed E-state index contributed by atoms with van der Waals surface area (Å²) in [6.45, 7) is 3.41. The summed E-state index contributed by atoms with van der Waals surface area (Å²) in [7, 11) is 0. The van der Waals surface area contributed by atoms with E-state index in [1.54, 1.807) is 56.3 Å². The van der Waals surface area contributed by atoms with Gasteiger partial charge in [-0.05, 0) is 38.3 Å². The minimum atomic E-state index is -1.22. The third-order valence-electron chi connectivity index (χ3n) is 5.99. The highest BCUT2D eigenvalue weighted by atomic mass is 35.5. The fraction of sp³-hybridized carbons (Fsp3) is 0.280. The number of Topliss-reactive ketones (excluding diaryl/α,β-unsaturated/α-hetero) is 1. The van der Waals surface area contributed by atoms with Gasteiger partial charge >= 0.3 is 12.1 Å². The third kappa shape index (κ3) is 4.68. The monoisotopic (exact) mass is 482 g/mol. The number of nitrogens with one attached hydrogen (secondary N) is 1. The molecule has 2 aromatic carbocycles. The van der Waals surface area contributed by atoms with Gasteiger partial charge in [0.2, 0.25) is 0 Å². The lowest BCUT2D eigenvalue weighted by molar-refractivity contribution is -0.148. The molecule has 1 heterocycles. The molecule has 1 aliphatic carbocycles. The summed E-state index contributed by atoms with van der Waals surface area (Å²) in [6.07, 6.45) is -0.451. The van der Waals surface area contributed by atoms with E-state index in [1.807, 2.05) is 6.07 Å². The number of rotatable bonds is 8. The molecule has 4 rings (SSSR count). The number of carboxylic acids is 1. The van der Waals surface area contributed by atoms with Crippen LogP contribution in [0.4, 0.5) is 10.5 Å². The Labute approximate surface area is 200 Å². The highest BCUT2D eigenvalue weighted by Gasteiger charge is 2.56. The van der Waals surface area contributed by atoms with Gasteiger partial charge in [-0.3, -0.25) is 14.9 Å². The van der Waals surface area contributed by atoms with E-state index in [0.717, 1.165) is 0 Å². The van der Waals surface area contributed by atoms with Crippen LogP contribution < -0.4 is 5.32 Å². The summed E-state index contributed by atoms with van der Waals surface area (Å²) >= 11 is 6.18. The van der Waals surface area contributed by atoms with Gasteiger partial charge in [0.1, 0.15) is 22.9 Å². The molecule has 1 aromatic heterocycles. The summed E-state index contributed by atoms with van der Waals surface area (Å²) in [5.74, 6) is -1.01. The Balaban J connectivity index is 1.45. The molecule has 1 unspecified atom stereocenters. The maximum atomic E-state index is 12.5. The molecule has 0 bridgehead atoms. The van der Waals surface area contributed by atoms with Gasteiger partial charge in [0, 0.05) is 22.6 Å². The van der Waals surface area contributed by atoms with E-state index in [9.17, 15) is 19.5 Å². The molecule has 9 heteroatoms. The summed E-state index contributed by atoms with van der Waals surface area (Å²) in [4.78, 5) is 36.3. The van der Waals surface area contributed by atoms with Crippen molar-refractivity contribution in [2.75, 3.05) is 5.32 Å². The molecule has 0 saturated heterocycles. The molecule has 176 valence electrons. The second-order valence-corrected chi connectivity index (χ2v) is 8.76. The number of nitrogens with zero attached hydrogens (tertiary/aromatic N) is 1. The first-order chi connectivity index (χ1) is 16.2. The molecular weight excluding hydrogens is 460 g/mol. The van der Waals surface area contributed by atoms with Crippen molar-refractivity contribution in [1.29, 1.82) is 0 Å². The molecule has 1 aliphatic rings. The van der Waals surface area contributed by atoms with E-state index < -0.39 is 23.6 Å². The van der Waals surface area contributed by atoms with Gasteiger partial charge in [-0.1, -0.05) is 59.2 Å². The molecular formula is C25H23ClN2O6. The van der Waals surface area contributed by atoms with Crippen LogP contribution in [0.15, 0.2) is 53.1 Å². The van der Waals surface area contributed by atoms with Crippen molar-refractivity contribution in [1.82, 2.24) is 5.16 Å². The van der Waals surface area contributed by atoms with Gasteiger partial charge in [0.25, 0.3) is 0 Å². The number of anilines is 1. The Kier molecular flexibility index (Phi) is 6.43. The number of amides is 1. The van der Waals surface area contributed by atoms with Crippen LogP contribution in [-0.4, -0.2) is 28.1 Å². The van der Waals surface area contributed by atoms with Crippen LogP contribution in [0.1, 0.15) is 42.7 Å². The Morgan fingerprint density at radius 1 is 1.18 bits per heavy atom. The third-order valence-corrected chi connectivity index (χ3v) is 6.33. The number of ketones is 1. The Morgan fingerprint density at radius 2 is 1.85 bits per heavy atom. The molecule has 8 nitrogen and oxygen atoms in total. The standard InChI is InChI=1S/C25H23ClN2O6/c1-14-21(27-24(32)33-15(2)18-5-3-4-6-19(18)26)22(34-28-14)17-9-7-16(8-10-17)13-20(29)25(11-12-25)23(30)31/h3-10,15H,11-13H2,1-2H3,(H,27,32)(H,30,31). The fourth-order valence-electron chi connectivity index (χ4n) is 3.74. The van der Waals surface area contributed by atoms with Crippen molar-refractivity contribution in [3.8, 4) is 11.3 Å². The maximum Gasteiger partial charge on any atom is 0.412 e. The van der Waals surface area contributed by atoms with Crippen LogP contribution in [0.3, 0.4) is 0 Å². The van der Waals surface area contributed by atoms with E-state index in [2.05, 4.69) is 10.5 Å². The number of hydrogen-bond donors (Lipinski definition) is 2. The van der Waals surface area contributed by atoms with Gasteiger partial charge in [-0.15, -0.1) is 0 Å². The number of halogens is 1. The zero-order chi connectivity index (χ0) is 24.5.